The zero-order chi connectivity index (χ0) is 21.5. The van der Waals surface area contributed by atoms with Crippen LogP contribution in [0, 0.1) is 0 Å². The van der Waals surface area contributed by atoms with E-state index in [2.05, 4.69) is 0 Å². The molecule has 1 aliphatic heterocycles. The third-order valence-electron chi connectivity index (χ3n) is 5.37. The van der Waals surface area contributed by atoms with E-state index in [0.29, 0.717) is 5.56 Å². The van der Waals surface area contributed by atoms with Crippen molar-refractivity contribution in [3.63, 3.8) is 0 Å². The molecule has 6 nitrogen and oxygen atoms in total. The number of benzene rings is 2. The van der Waals surface area contributed by atoms with Crippen LogP contribution in [0.5, 0.6) is 0 Å². The van der Waals surface area contributed by atoms with E-state index in [0.717, 1.165) is 0 Å². The first-order valence-corrected chi connectivity index (χ1v) is 10.7. The molecule has 1 atom stereocenters. The van der Waals surface area contributed by atoms with Gasteiger partial charge in [0.2, 0.25) is 15.6 Å². The monoisotopic (exact) mass is 421 g/mol. The van der Waals surface area contributed by atoms with Gasteiger partial charge in [0.25, 0.3) is 5.91 Å². The van der Waals surface area contributed by atoms with Crippen LogP contribution in [0.25, 0.3) is 5.57 Å². The van der Waals surface area contributed by atoms with Crippen molar-refractivity contribution in [3.8, 4) is 0 Å². The molecule has 7 heteroatoms. The van der Waals surface area contributed by atoms with Crippen LogP contribution in [0.15, 0.2) is 94.5 Å². The maximum Gasteiger partial charge on any atom is 0.267 e. The Labute approximate surface area is 174 Å². The van der Waals surface area contributed by atoms with Gasteiger partial charge in [0.15, 0.2) is 5.76 Å². The van der Waals surface area contributed by atoms with Gasteiger partial charge in [-0.25, -0.2) is 8.42 Å². The topological polar surface area (TPSA) is 80.8 Å². The molecule has 0 N–H and O–H groups in total. The molecule has 2 aromatic carbocycles. The average molecular weight is 421 g/mol. The number of ketones is 1. The predicted octanol–water partition coefficient (Wildman–Crippen LogP) is 2.75. The number of allylic oxidation sites excluding steroid dienone is 1. The molecule has 0 fully saturated rings. The maximum absolute atomic E-state index is 13.6. The van der Waals surface area contributed by atoms with E-state index < -0.39 is 21.3 Å². The number of carbonyl (C=O) groups excluding carboxylic acids is 2. The summed E-state index contributed by atoms with van der Waals surface area (Å²) in [5.41, 5.74) is -0.414. The lowest BCUT2D eigenvalue weighted by Gasteiger charge is -2.35. The number of methoxy groups -OCH3 is 1. The van der Waals surface area contributed by atoms with Crippen LogP contribution in [0.2, 0.25) is 0 Å². The highest BCUT2D eigenvalue weighted by atomic mass is 32.2. The SMILES string of the molecule is COC1=C[C@]2(C=CC1=O)C(c1ccccc1)=C(S(=O)(=O)c1ccccc1)C(=O)N2C. The Morgan fingerprint density at radius 3 is 2.13 bits per heavy atom. The van der Waals surface area contributed by atoms with Gasteiger partial charge in [0, 0.05) is 12.6 Å². The quantitative estimate of drug-likeness (QED) is 0.758. The Hall–Kier alpha value is -3.45. The van der Waals surface area contributed by atoms with Crippen molar-refractivity contribution in [2.75, 3.05) is 14.2 Å². The molecule has 0 radical (unpaired) electrons. The van der Waals surface area contributed by atoms with Crippen molar-refractivity contribution in [2.45, 2.75) is 10.4 Å². The lowest BCUT2D eigenvalue weighted by atomic mass is 9.82. The second-order valence-electron chi connectivity index (χ2n) is 6.99. The molecule has 152 valence electrons. The van der Waals surface area contributed by atoms with Crippen LogP contribution < -0.4 is 0 Å². The van der Waals surface area contributed by atoms with Crippen LogP contribution in [-0.4, -0.2) is 44.7 Å². The summed E-state index contributed by atoms with van der Waals surface area (Å²) in [4.78, 5) is 26.6. The van der Waals surface area contributed by atoms with E-state index in [1.165, 1.54) is 43.3 Å². The van der Waals surface area contributed by atoms with E-state index in [-0.39, 0.29) is 26.9 Å². The number of likely N-dealkylation sites (N-methyl/N-ethyl adjacent to an activating group) is 1. The molecule has 0 saturated heterocycles. The smallest absolute Gasteiger partial charge is 0.267 e. The second-order valence-corrected chi connectivity index (χ2v) is 8.87. The molecule has 30 heavy (non-hydrogen) atoms. The lowest BCUT2D eigenvalue weighted by Crippen LogP contribution is -2.44. The first kappa shape index (κ1) is 19.8. The first-order chi connectivity index (χ1) is 14.3. The van der Waals surface area contributed by atoms with Crippen LogP contribution in [-0.2, 0) is 24.2 Å². The summed E-state index contributed by atoms with van der Waals surface area (Å²) in [5, 5.41) is 0. The number of rotatable bonds is 4. The Balaban J connectivity index is 2.09. The number of ether oxygens (including phenoxy) is 1. The van der Waals surface area contributed by atoms with Gasteiger partial charge < -0.3 is 9.64 Å². The van der Waals surface area contributed by atoms with Gasteiger partial charge in [-0.15, -0.1) is 0 Å². The Morgan fingerprint density at radius 1 is 0.933 bits per heavy atom. The van der Waals surface area contributed by atoms with E-state index in [1.807, 2.05) is 0 Å². The minimum Gasteiger partial charge on any atom is -0.493 e. The number of nitrogens with zero attached hydrogens (tertiary/aromatic N) is 1. The number of carbonyl (C=O) groups is 2. The molecular weight excluding hydrogens is 402 g/mol. The summed E-state index contributed by atoms with van der Waals surface area (Å²) in [6.07, 6.45) is 4.36. The summed E-state index contributed by atoms with van der Waals surface area (Å²) >= 11 is 0. The number of hydrogen-bond acceptors (Lipinski definition) is 5. The molecule has 0 unspecified atom stereocenters. The minimum atomic E-state index is -4.13. The van der Waals surface area contributed by atoms with Crippen molar-refractivity contribution >= 4 is 27.1 Å². The van der Waals surface area contributed by atoms with E-state index >= 15 is 0 Å². The third-order valence-corrected chi connectivity index (χ3v) is 7.18. The van der Waals surface area contributed by atoms with Gasteiger partial charge in [-0.3, -0.25) is 9.59 Å². The van der Waals surface area contributed by atoms with Crippen molar-refractivity contribution in [3.05, 3.63) is 95.1 Å². The van der Waals surface area contributed by atoms with Crippen LogP contribution in [0.1, 0.15) is 5.56 Å². The summed E-state index contributed by atoms with van der Waals surface area (Å²) in [5.74, 6) is -0.955. The molecular formula is C23H19NO5S. The minimum absolute atomic E-state index is 0.0269. The highest BCUT2D eigenvalue weighted by molar-refractivity contribution is 7.96. The summed E-state index contributed by atoms with van der Waals surface area (Å²) < 4.78 is 32.3. The Bertz CT molecular complexity index is 1230. The van der Waals surface area contributed by atoms with Crippen LogP contribution in [0.3, 0.4) is 0 Å². The van der Waals surface area contributed by atoms with Crippen molar-refractivity contribution in [2.24, 2.45) is 0 Å². The van der Waals surface area contributed by atoms with Gasteiger partial charge in [-0.1, -0.05) is 48.5 Å². The van der Waals surface area contributed by atoms with E-state index in [9.17, 15) is 18.0 Å². The molecule has 0 saturated carbocycles. The average Bonchev–Trinajstić information content (AvgIpc) is 2.99. The highest BCUT2D eigenvalue weighted by Gasteiger charge is 2.53. The summed E-state index contributed by atoms with van der Waals surface area (Å²) in [7, 11) is -1.25. The maximum atomic E-state index is 13.6. The first-order valence-electron chi connectivity index (χ1n) is 9.22. The van der Waals surface area contributed by atoms with Gasteiger partial charge in [-0.2, -0.15) is 0 Å². The second kappa shape index (κ2) is 7.11. The van der Waals surface area contributed by atoms with E-state index in [4.69, 9.17) is 4.74 Å². The molecule has 2 aromatic rings. The molecule has 1 aliphatic carbocycles. The zero-order valence-corrected chi connectivity index (χ0v) is 17.2. The fourth-order valence-electron chi connectivity index (χ4n) is 3.84. The van der Waals surface area contributed by atoms with Gasteiger partial charge in [-0.05, 0) is 35.9 Å². The van der Waals surface area contributed by atoms with Gasteiger partial charge >= 0.3 is 0 Å². The largest absolute Gasteiger partial charge is 0.493 e. The van der Waals surface area contributed by atoms with Crippen molar-refractivity contribution in [1.82, 2.24) is 4.90 Å². The summed E-state index contributed by atoms with van der Waals surface area (Å²) in [6.45, 7) is 0. The van der Waals surface area contributed by atoms with Crippen molar-refractivity contribution in [1.29, 1.82) is 0 Å². The standard InChI is InChI=1S/C23H19NO5S/c1-24-22(26)21(30(27,28)17-11-7-4-8-12-17)20(16-9-5-3-6-10-16)23(24)14-13-18(25)19(15-23)29-2/h3-15H,1-2H3/t23-/m1/s1. The number of hydrogen-bond donors (Lipinski definition) is 0. The molecule has 1 spiro atoms. The molecule has 0 bridgehead atoms. The normalized spacial score (nSPS) is 21.4. The molecule has 0 aromatic heterocycles. The fourth-order valence-corrected chi connectivity index (χ4v) is 5.51. The molecule has 1 heterocycles. The number of sulfone groups is 1. The molecule has 4 rings (SSSR count). The Kier molecular flexibility index (Phi) is 4.70. The van der Waals surface area contributed by atoms with E-state index in [1.54, 1.807) is 54.6 Å². The Morgan fingerprint density at radius 2 is 1.53 bits per heavy atom. The highest BCUT2D eigenvalue weighted by Crippen LogP contribution is 2.48. The van der Waals surface area contributed by atoms with Crippen LogP contribution >= 0.6 is 0 Å². The number of amides is 1. The molecule has 2 aliphatic rings. The van der Waals surface area contributed by atoms with Gasteiger partial charge in [0.05, 0.1) is 12.0 Å². The predicted molar refractivity (Wildman–Crippen MR) is 112 cm³/mol. The van der Waals surface area contributed by atoms with Gasteiger partial charge in [0.1, 0.15) is 10.4 Å². The third kappa shape index (κ3) is 2.81. The van der Waals surface area contributed by atoms with Crippen LogP contribution in [0.4, 0.5) is 0 Å². The lowest BCUT2D eigenvalue weighted by molar-refractivity contribution is -0.126. The molecule has 1 amide bonds. The zero-order valence-electron chi connectivity index (χ0n) is 16.4. The van der Waals surface area contributed by atoms with Crippen molar-refractivity contribution < 1.29 is 22.7 Å². The fraction of sp³-hybridized carbons (Fsp3) is 0.130. The summed E-state index contributed by atoms with van der Waals surface area (Å²) in [6, 6.07) is 16.7.